The van der Waals surface area contributed by atoms with E-state index in [1.807, 2.05) is 13.8 Å². The van der Waals surface area contributed by atoms with E-state index in [9.17, 15) is 34.8 Å². The molecule has 1 rings (SSSR count). The highest BCUT2D eigenvalue weighted by Gasteiger charge is 2.37. The van der Waals surface area contributed by atoms with Crippen molar-refractivity contribution in [2.24, 2.45) is 11.7 Å². The van der Waals surface area contributed by atoms with Crippen molar-refractivity contribution in [2.75, 3.05) is 6.61 Å². The third kappa shape index (κ3) is 8.52. The highest BCUT2D eigenvalue weighted by Crippen LogP contribution is 2.17. The van der Waals surface area contributed by atoms with Crippen molar-refractivity contribution in [3.63, 3.8) is 0 Å². The lowest BCUT2D eigenvalue weighted by Crippen LogP contribution is -2.58. The molecule has 0 saturated carbocycles. The van der Waals surface area contributed by atoms with Gasteiger partial charge in [-0.15, -0.1) is 0 Å². The monoisotopic (exact) mass is 455 g/mol. The van der Waals surface area contributed by atoms with Crippen LogP contribution in [0, 0.1) is 5.92 Å². The molecule has 2 amide bonds. The van der Waals surface area contributed by atoms with Gasteiger partial charge in [0.1, 0.15) is 12.2 Å². The number of aliphatic carboxylic acids is 1. The van der Waals surface area contributed by atoms with Gasteiger partial charge in [0.15, 0.2) is 6.10 Å². The molecule has 32 heavy (non-hydrogen) atoms. The molecule has 180 valence electrons. The fourth-order valence-corrected chi connectivity index (χ4v) is 3.09. The number of hydrogen-bond acceptors (Lipinski definition) is 8. The fraction of sp³-hybridized carbons (Fsp3) is 0.571. The van der Waals surface area contributed by atoms with Gasteiger partial charge >= 0.3 is 5.97 Å². The lowest BCUT2D eigenvalue weighted by atomic mass is 9.98. The summed E-state index contributed by atoms with van der Waals surface area (Å²) in [5.74, 6) is -2.89. The van der Waals surface area contributed by atoms with Crippen molar-refractivity contribution < 1.29 is 39.9 Å². The number of benzene rings is 1. The average molecular weight is 456 g/mol. The lowest BCUT2D eigenvalue weighted by Gasteiger charge is -2.30. The molecule has 1 aromatic rings. The molecule has 0 aliphatic carbocycles. The van der Waals surface area contributed by atoms with Crippen molar-refractivity contribution in [3.05, 3.63) is 35.9 Å². The summed E-state index contributed by atoms with van der Waals surface area (Å²) in [6.07, 6.45) is -6.30. The van der Waals surface area contributed by atoms with E-state index in [1.165, 1.54) is 0 Å². The Morgan fingerprint density at radius 3 is 2.06 bits per heavy atom. The highest BCUT2D eigenvalue weighted by molar-refractivity contribution is 5.83. The van der Waals surface area contributed by atoms with Crippen LogP contribution in [-0.4, -0.2) is 80.3 Å². The quantitative estimate of drug-likeness (QED) is 0.170. The molecule has 6 atom stereocenters. The summed E-state index contributed by atoms with van der Waals surface area (Å²) in [5, 5.41) is 54.0. The molecule has 11 heteroatoms. The summed E-state index contributed by atoms with van der Waals surface area (Å²) < 4.78 is 0. The number of carboxylic acids is 1. The normalized spacial score (nSPS) is 17.0. The Morgan fingerprint density at radius 1 is 0.969 bits per heavy atom. The molecule has 11 nitrogen and oxygen atoms in total. The number of carboxylic acid groups (broad SMARTS) is 1. The number of amides is 2. The minimum Gasteiger partial charge on any atom is -0.481 e. The minimum atomic E-state index is -2.17. The number of carbonyl (C=O) groups is 3. The van der Waals surface area contributed by atoms with Crippen molar-refractivity contribution in [3.8, 4) is 0 Å². The van der Waals surface area contributed by atoms with Crippen LogP contribution in [0.2, 0.25) is 0 Å². The maximum atomic E-state index is 12.4. The van der Waals surface area contributed by atoms with Crippen LogP contribution in [0.4, 0.5) is 0 Å². The van der Waals surface area contributed by atoms with Crippen LogP contribution in [-0.2, 0) is 14.4 Å². The summed E-state index contributed by atoms with van der Waals surface area (Å²) >= 11 is 0. The second-order valence-electron chi connectivity index (χ2n) is 8.03. The Kier molecular flexibility index (Phi) is 11.2. The van der Waals surface area contributed by atoms with Crippen molar-refractivity contribution in [1.82, 2.24) is 10.6 Å². The molecule has 0 bridgehead atoms. The molecule has 1 aromatic carbocycles. The van der Waals surface area contributed by atoms with Gasteiger partial charge in [0.05, 0.1) is 31.2 Å². The number of aliphatic hydroxyl groups excluding tert-OH is 4. The third-order valence-electron chi connectivity index (χ3n) is 4.84. The van der Waals surface area contributed by atoms with Crippen LogP contribution in [0.15, 0.2) is 30.3 Å². The van der Waals surface area contributed by atoms with Crippen LogP contribution < -0.4 is 16.4 Å². The first kappa shape index (κ1) is 27.5. The maximum absolute atomic E-state index is 12.4. The van der Waals surface area contributed by atoms with E-state index in [1.54, 1.807) is 30.3 Å². The molecule has 0 heterocycles. The number of rotatable bonds is 13. The maximum Gasteiger partial charge on any atom is 0.305 e. The number of nitrogens with two attached hydrogens (primary N) is 1. The first-order chi connectivity index (χ1) is 15.0. The lowest BCUT2D eigenvalue weighted by molar-refractivity contribution is -0.145. The first-order valence-electron chi connectivity index (χ1n) is 10.3. The topological polar surface area (TPSA) is 202 Å². The Balaban J connectivity index is 2.83. The molecular weight excluding hydrogens is 422 g/mol. The molecular formula is C21H33N3O8. The van der Waals surface area contributed by atoms with Gasteiger partial charge in [0.2, 0.25) is 5.91 Å². The largest absolute Gasteiger partial charge is 0.481 e. The molecule has 0 spiro atoms. The Labute approximate surface area is 186 Å². The number of carbonyl (C=O) groups excluding carboxylic acids is 2. The summed E-state index contributed by atoms with van der Waals surface area (Å²) in [7, 11) is 0. The van der Waals surface area contributed by atoms with Crippen LogP contribution in [0.25, 0.3) is 0 Å². The third-order valence-corrected chi connectivity index (χ3v) is 4.84. The van der Waals surface area contributed by atoms with Crippen LogP contribution >= 0.6 is 0 Å². The summed E-state index contributed by atoms with van der Waals surface area (Å²) in [4.78, 5) is 35.7. The molecule has 0 aromatic heterocycles. The van der Waals surface area contributed by atoms with Crippen LogP contribution in [0.1, 0.15) is 38.3 Å². The van der Waals surface area contributed by atoms with E-state index in [2.05, 4.69) is 10.6 Å². The number of nitrogens with one attached hydrogen (secondary N) is 2. The second kappa shape index (κ2) is 13.1. The van der Waals surface area contributed by atoms with Crippen molar-refractivity contribution >= 4 is 17.8 Å². The minimum absolute atomic E-state index is 0.118. The number of hydrogen-bond donors (Lipinski definition) is 8. The van der Waals surface area contributed by atoms with E-state index in [0.29, 0.717) is 12.0 Å². The molecule has 0 radical (unpaired) electrons. The Hall–Kier alpha value is -2.57. The van der Waals surface area contributed by atoms with Gasteiger partial charge in [0.25, 0.3) is 5.91 Å². The zero-order valence-electron chi connectivity index (χ0n) is 18.1. The van der Waals surface area contributed by atoms with Crippen molar-refractivity contribution in [1.29, 1.82) is 0 Å². The van der Waals surface area contributed by atoms with E-state index >= 15 is 0 Å². The molecule has 9 N–H and O–H groups in total. The van der Waals surface area contributed by atoms with Gasteiger partial charge in [-0.1, -0.05) is 44.2 Å². The molecule has 0 unspecified atom stereocenters. The van der Waals surface area contributed by atoms with E-state index in [-0.39, 0.29) is 5.92 Å². The first-order valence-corrected chi connectivity index (χ1v) is 10.3. The molecule has 0 aliphatic rings. The number of aliphatic hydroxyl groups is 4. The second-order valence-corrected chi connectivity index (χ2v) is 8.03. The van der Waals surface area contributed by atoms with Gasteiger partial charge in [-0.3, -0.25) is 14.4 Å². The fourth-order valence-electron chi connectivity index (χ4n) is 3.09. The average Bonchev–Trinajstić information content (AvgIpc) is 2.74. The van der Waals surface area contributed by atoms with E-state index in [0.717, 1.165) is 0 Å². The summed E-state index contributed by atoms with van der Waals surface area (Å²) in [5.41, 5.74) is 6.22. The highest BCUT2D eigenvalue weighted by atomic mass is 16.4. The van der Waals surface area contributed by atoms with Gasteiger partial charge in [-0.05, 0) is 17.9 Å². The summed E-state index contributed by atoms with van der Waals surface area (Å²) in [6, 6.07) is 4.85. The Bertz CT molecular complexity index is 746. The van der Waals surface area contributed by atoms with Gasteiger partial charge in [0, 0.05) is 0 Å². The molecule has 0 aliphatic heterocycles. The predicted octanol–water partition coefficient (Wildman–Crippen LogP) is -1.75. The van der Waals surface area contributed by atoms with Crippen LogP contribution in [0.5, 0.6) is 0 Å². The van der Waals surface area contributed by atoms with Crippen molar-refractivity contribution in [2.45, 2.75) is 63.1 Å². The SMILES string of the molecule is CC(C)C[C@@H](N)C(=O)N[C@@H](CO)[C@@H](O)[C@@H](O)[C@H](O)C(=O)N[C@@H](CC(=O)O)c1ccccc1. The molecule has 0 fully saturated rings. The predicted molar refractivity (Wildman–Crippen MR) is 114 cm³/mol. The van der Waals surface area contributed by atoms with E-state index < -0.39 is 67.2 Å². The van der Waals surface area contributed by atoms with Gasteiger partial charge in [-0.25, -0.2) is 0 Å². The standard InChI is InChI=1S/C21H33N3O8/c1-11(2)8-13(22)20(31)24-15(10-25)17(28)18(29)19(30)21(32)23-14(9-16(26)27)12-6-4-3-5-7-12/h3-7,11,13-15,17-19,25,28-30H,8-10,22H2,1-2H3,(H,23,32)(H,24,31)(H,26,27)/t13-,14+,15+,17-,18-,19+/m1/s1. The zero-order valence-corrected chi connectivity index (χ0v) is 18.1. The zero-order chi connectivity index (χ0) is 24.4. The molecule has 0 saturated heterocycles. The van der Waals surface area contributed by atoms with E-state index in [4.69, 9.17) is 10.8 Å². The Morgan fingerprint density at radius 2 is 1.56 bits per heavy atom. The van der Waals surface area contributed by atoms with Gasteiger partial charge in [-0.2, -0.15) is 0 Å². The van der Waals surface area contributed by atoms with Crippen LogP contribution in [0.3, 0.4) is 0 Å². The summed E-state index contributed by atoms with van der Waals surface area (Å²) in [6.45, 7) is 2.92. The smallest absolute Gasteiger partial charge is 0.305 e. The van der Waals surface area contributed by atoms with Gasteiger partial charge < -0.3 is 41.9 Å².